The van der Waals surface area contributed by atoms with Gasteiger partial charge < -0.3 is 5.48 Å². The molecule has 0 heterocycles. The largest absolute Gasteiger partial charge is 0.412 e. The van der Waals surface area contributed by atoms with Crippen LogP contribution in [-0.2, 0) is 0 Å². The Morgan fingerprint density at radius 1 is 0.917 bits per heavy atom. The van der Waals surface area contributed by atoms with Gasteiger partial charge in [-0.05, 0) is 13.3 Å². The standard InChI is InChI=1S/C6H6.C5H10.H2O/c1-2-4-6-5-3-1;1-3-5-4-2;/h1-6H;3,5H,4H2,1-2H3;1H2. The zero-order chi connectivity index (χ0) is 8.36. The van der Waals surface area contributed by atoms with Crippen LogP contribution in [0, 0.1) is 0 Å². The Bertz CT molecular complexity index is 141. The Kier molecular flexibility index (Phi) is 14.2. The van der Waals surface area contributed by atoms with Crippen LogP contribution in [-0.4, -0.2) is 5.48 Å². The first kappa shape index (κ1) is 13.5. The van der Waals surface area contributed by atoms with E-state index in [1.165, 1.54) is 0 Å². The molecule has 0 saturated heterocycles. The number of allylic oxidation sites excluding steroid dienone is 2. The van der Waals surface area contributed by atoms with E-state index in [1.54, 1.807) is 0 Å². The predicted molar refractivity (Wildman–Crippen MR) is 55.2 cm³/mol. The van der Waals surface area contributed by atoms with Gasteiger partial charge in [0.15, 0.2) is 0 Å². The fraction of sp³-hybridized carbons (Fsp3) is 0.273. The van der Waals surface area contributed by atoms with Crippen LogP contribution < -0.4 is 0 Å². The van der Waals surface area contributed by atoms with E-state index < -0.39 is 0 Å². The molecule has 2 N–H and O–H groups in total. The third-order valence-electron chi connectivity index (χ3n) is 1.14. The predicted octanol–water partition coefficient (Wildman–Crippen LogP) is 2.83. The van der Waals surface area contributed by atoms with Crippen LogP contribution in [0.25, 0.3) is 0 Å². The minimum atomic E-state index is 0. The maximum atomic E-state index is 2.12. The molecule has 1 aromatic rings. The second-order valence-corrected chi connectivity index (χ2v) is 2.13. The average molecular weight is 166 g/mol. The maximum absolute atomic E-state index is 2.12. The minimum absolute atomic E-state index is 0. The number of rotatable bonds is 1. The lowest BCUT2D eigenvalue weighted by molar-refractivity contribution is 0.824. The van der Waals surface area contributed by atoms with Crippen molar-refractivity contribution in [1.82, 2.24) is 0 Å². The molecule has 0 saturated carbocycles. The van der Waals surface area contributed by atoms with Gasteiger partial charge in [-0.15, -0.1) is 0 Å². The lowest BCUT2D eigenvalue weighted by atomic mass is 10.4. The molecular weight excluding hydrogens is 148 g/mol. The van der Waals surface area contributed by atoms with Crippen LogP contribution in [0.2, 0.25) is 0 Å². The molecule has 0 atom stereocenters. The van der Waals surface area contributed by atoms with Crippen molar-refractivity contribution in [3.63, 3.8) is 0 Å². The summed E-state index contributed by atoms with van der Waals surface area (Å²) in [6.07, 6.45) is 5.34. The highest BCUT2D eigenvalue weighted by molar-refractivity contribution is 4.99. The quantitative estimate of drug-likeness (QED) is 0.574. The smallest absolute Gasteiger partial charge is 0.0379 e. The van der Waals surface area contributed by atoms with Crippen LogP contribution in [0.4, 0.5) is 0 Å². The van der Waals surface area contributed by atoms with E-state index in [0.29, 0.717) is 0 Å². The lowest BCUT2D eigenvalue weighted by Gasteiger charge is -1.69. The molecule has 0 radical (unpaired) electrons. The minimum Gasteiger partial charge on any atom is -0.412 e. The Morgan fingerprint density at radius 3 is 1.33 bits per heavy atom. The van der Waals surface area contributed by atoms with Gasteiger partial charge in [-0.2, -0.15) is 0 Å². The Balaban J connectivity index is 0. The van der Waals surface area contributed by atoms with Crippen LogP contribution in [0.1, 0.15) is 20.3 Å². The molecule has 1 rings (SSSR count). The molecule has 0 unspecified atom stereocenters. The van der Waals surface area contributed by atoms with Gasteiger partial charge in [0, 0.05) is 0 Å². The molecule has 0 aliphatic rings. The fourth-order valence-electron chi connectivity index (χ4n) is 0.621. The van der Waals surface area contributed by atoms with Gasteiger partial charge in [-0.3, -0.25) is 0 Å². The Hall–Kier alpha value is -1.08. The summed E-state index contributed by atoms with van der Waals surface area (Å²) in [6, 6.07) is 12.0. The zero-order valence-electron chi connectivity index (χ0n) is 7.83. The van der Waals surface area contributed by atoms with Gasteiger partial charge in [0.05, 0.1) is 0 Å². The molecule has 0 amide bonds. The first-order valence-corrected chi connectivity index (χ1v) is 4.03. The lowest BCUT2D eigenvalue weighted by Crippen LogP contribution is -1.47. The summed E-state index contributed by atoms with van der Waals surface area (Å²) in [4.78, 5) is 0. The molecule has 0 spiro atoms. The number of hydrogen-bond acceptors (Lipinski definition) is 0. The van der Waals surface area contributed by atoms with Gasteiger partial charge in [0.1, 0.15) is 0 Å². The first-order chi connectivity index (χ1) is 5.41. The van der Waals surface area contributed by atoms with E-state index in [-0.39, 0.29) is 5.48 Å². The topological polar surface area (TPSA) is 31.5 Å². The summed E-state index contributed by atoms with van der Waals surface area (Å²) in [5, 5.41) is 0. The van der Waals surface area contributed by atoms with Crippen LogP contribution in [0.5, 0.6) is 0 Å². The third-order valence-corrected chi connectivity index (χ3v) is 1.14. The molecule has 0 fully saturated rings. The zero-order valence-corrected chi connectivity index (χ0v) is 7.83. The molecule has 0 bridgehead atoms. The fourth-order valence-corrected chi connectivity index (χ4v) is 0.621. The summed E-state index contributed by atoms with van der Waals surface area (Å²) in [6.45, 7) is 4.16. The maximum Gasteiger partial charge on any atom is -0.0379 e. The van der Waals surface area contributed by atoms with Gasteiger partial charge in [0.2, 0.25) is 0 Å². The molecule has 0 aliphatic heterocycles. The highest BCUT2D eigenvalue weighted by Crippen LogP contribution is 1.79. The summed E-state index contributed by atoms with van der Waals surface area (Å²) in [5.41, 5.74) is 0. The van der Waals surface area contributed by atoms with Crippen molar-refractivity contribution < 1.29 is 5.48 Å². The monoisotopic (exact) mass is 166 g/mol. The Labute approximate surface area is 75.1 Å². The molecule has 68 valence electrons. The third kappa shape index (κ3) is 11.7. The molecule has 1 heteroatoms. The van der Waals surface area contributed by atoms with E-state index in [4.69, 9.17) is 0 Å². The van der Waals surface area contributed by atoms with Crippen molar-refractivity contribution >= 4 is 0 Å². The van der Waals surface area contributed by atoms with E-state index in [2.05, 4.69) is 19.1 Å². The van der Waals surface area contributed by atoms with Crippen molar-refractivity contribution in [3.8, 4) is 0 Å². The number of hydrogen-bond donors (Lipinski definition) is 0. The molecular formula is C11H18O. The first-order valence-electron chi connectivity index (χ1n) is 4.03. The molecule has 0 aromatic heterocycles. The summed E-state index contributed by atoms with van der Waals surface area (Å²) >= 11 is 0. The van der Waals surface area contributed by atoms with Crippen molar-refractivity contribution in [2.75, 3.05) is 0 Å². The van der Waals surface area contributed by atoms with Crippen LogP contribution >= 0.6 is 0 Å². The summed E-state index contributed by atoms with van der Waals surface area (Å²) < 4.78 is 0. The highest BCUT2D eigenvalue weighted by Gasteiger charge is 1.57. The van der Waals surface area contributed by atoms with Gasteiger partial charge in [-0.1, -0.05) is 55.5 Å². The molecule has 0 aliphatic carbocycles. The SMILES string of the molecule is CC=CCC.O.c1ccccc1. The van der Waals surface area contributed by atoms with Crippen LogP contribution in [0.3, 0.4) is 0 Å². The highest BCUT2D eigenvalue weighted by atomic mass is 16.0. The van der Waals surface area contributed by atoms with Crippen molar-refractivity contribution in [1.29, 1.82) is 0 Å². The van der Waals surface area contributed by atoms with Crippen LogP contribution in [0.15, 0.2) is 48.6 Å². The summed E-state index contributed by atoms with van der Waals surface area (Å²) in [5.74, 6) is 0. The van der Waals surface area contributed by atoms with Crippen molar-refractivity contribution in [2.24, 2.45) is 0 Å². The second-order valence-electron chi connectivity index (χ2n) is 2.13. The van der Waals surface area contributed by atoms with E-state index in [9.17, 15) is 0 Å². The number of benzene rings is 1. The molecule has 1 nitrogen and oxygen atoms in total. The van der Waals surface area contributed by atoms with E-state index >= 15 is 0 Å². The van der Waals surface area contributed by atoms with Crippen molar-refractivity contribution in [3.05, 3.63) is 48.6 Å². The molecule has 12 heavy (non-hydrogen) atoms. The second kappa shape index (κ2) is 12.6. The Morgan fingerprint density at radius 2 is 1.25 bits per heavy atom. The normalized spacial score (nSPS) is 8.17. The van der Waals surface area contributed by atoms with Crippen molar-refractivity contribution in [2.45, 2.75) is 20.3 Å². The summed E-state index contributed by atoms with van der Waals surface area (Å²) in [7, 11) is 0. The van der Waals surface area contributed by atoms with Gasteiger partial charge in [0.25, 0.3) is 0 Å². The van der Waals surface area contributed by atoms with Gasteiger partial charge in [-0.25, -0.2) is 0 Å². The van der Waals surface area contributed by atoms with Gasteiger partial charge >= 0.3 is 0 Å². The molecule has 1 aromatic carbocycles. The van der Waals surface area contributed by atoms with E-state index in [0.717, 1.165) is 6.42 Å². The van der Waals surface area contributed by atoms with E-state index in [1.807, 2.05) is 43.3 Å². The average Bonchev–Trinajstić information content (AvgIpc) is 2.10.